The molecule has 4 rings (SSSR count). The van der Waals surface area contributed by atoms with Crippen LogP contribution < -0.4 is 0 Å². The number of amides is 1. The molecule has 0 fully saturated rings. The van der Waals surface area contributed by atoms with Crippen molar-refractivity contribution >= 4 is 5.91 Å². The summed E-state index contributed by atoms with van der Waals surface area (Å²) in [5.74, 6) is 0.294. The Kier molecular flexibility index (Phi) is 4.85. The molecule has 1 atom stereocenters. The van der Waals surface area contributed by atoms with Crippen LogP contribution in [0.5, 0.6) is 0 Å². The largest absolute Gasteiger partial charge is 0.348 e. The Morgan fingerprint density at radius 1 is 1.07 bits per heavy atom. The highest BCUT2D eigenvalue weighted by molar-refractivity contribution is 5.93. The number of hydrogen-bond donors (Lipinski definition) is 0. The van der Waals surface area contributed by atoms with Gasteiger partial charge in [0.05, 0.1) is 11.6 Å². The molecular weight excluding hydrogens is 360 g/mol. The van der Waals surface area contributed by atoms with Crippen molar-refractivity contribution in [3.8, 4) is 0 Å². The first-order valence-corrected chi connectivity index (χ1v) is 10.4. The normalized spacial score (nSPS) is 16.9. The standard InChI is InChI=1S/C24H30N4O/c1-17(2)21-16-19(25-28(21)24(3,4)5)23(29)27-15-14-26-13-9-12-20(26)22(27)18-10-7-6-8-11-18/h6-13,16-17,22H,14-15H2,1-5H3/t22-/m0/s1. The van der Waals surface area contributed by atoms with E-state index in [-0.39, 0.29) is 17.5 Å². The lowest BCUT2D eigenvalue weighted by Gasteiger charge is -2.37. The molecule has 3 heterocycles. The first kappa shape index (κ1) is 19.5. The maximum Gasteiger partial charge on any atom is 0.275 e. The Balaban J connectivity index is 1.77. The molecule has 0 saturated carbocycles. The van der Waals surface area contributed by atoms with Crippen LogP contribution in [0.25, 0.3) is 0 Å². The Morgan fingerprint density at radius 3 is 2.41 bits per heavy atom. The van der Waals surface area contributed by atoms with Crippen LogP contribution in [-0.2, 0) is 12.1 Å². The molecule has 1 aliphatic rings. The van der Waals surface area contributed by atoms with Gasteiger partial charge in [-0.1, -0.05) is 44.2 Å². The first-order chi connectivity index (χ1) is 13.8. The highest BCUT2D eigenvalue weighted by Gasteiger charge is 2.34. The number of nitrogens with zero attached hydrogens (tertiary/aromatic N) is 4. The molecule has 5 nitrogen and oxygen atoms in total. The zero-order valence-corrected chi connectivity index (χ0v) is 18.0. The van der Waals surface area contributed by atoms with Crippen LogP contribution in [0.2, 0.25) is 0 Å². The molecule has 1 aromatic carbocycles. The molecule has 152 valence electrons. The smallest absolute Gasteiger partial charge is 0.275 e. The fourth-order valence-corrected chi connectivity index (χ4v) is 4.18. The minimum atomic E-state index is -0.173. The first-order valence-electron chi connectivity index (χ1n) is 10.4. The molecule has 2 aromatic heterocycles. The molecule has 0 bridgehead atoms. The Bertz CT molecular complexity index is 1010. The van der Waals surface area contributed by atoms with Gasteiger partial charge in [-0.05, 0) is 50.5 Å². The number of carbonyl (C=O) groups excluding carboxylic acids is 1. The lowest BCUT2D eigenvalue weighted by Crippen LogP contribution is -2.42. The van der Waals surface area contributed by atoms with Crippen LogP contribution >= 0.6 is 0 Å². The highest BCUT2D eigenvalue weighted by atomic mass is 16.2. The van der Waals surface area contributed by atoms with Gasteiger partial charge < -0.3 is 9.47 Å². The summed E-state index contributed by atoms with van der Waals surface area (Å²) >= 11 is 0. The van der Waals surface area contributed by atoms with Gasteiger partial charge in [0.15, 0.2) is 5.69 Å². The van der Waals surface area contributed by atoms with Gasteiger partial charge in [0, 0.05) is 30.7 Å². The maximum absolute atomic E-state index is 13.7. The van der Waals surface area contributed by atoms with Crippen molar-refractivity contribution < 1.29 is 4.79 Å². The van der Waals surface area contributed by atoms with E-state index in [1.54, 1.807) is 0 Å². The molecule has 29 heavy (non-hydrogen) atoms. The lowest BCUT2D eigenvalue weighted by molar-refractivity contribution is 0.0656. The van der Waals surface area contributed by atoms with Crippen molar-refractivity contribution in [2.24, 2.45) is 0 Å². The van der Waals surface area contributed by atoms with Gasteiger partial charge in [-0.25, -0.2) is 0 Å². The number of aromatic nitrogens is 3. The zero-order valence-electron chi connectivity index (χ0n) is 18.0. The summed E-state index contributed by atoms with van der Waals surface area (Å²) in [6.07, 6.45) is 2.10. The fraction of sp³-hybridized carbons (Fsp3) is 0.417. The molecule has 0 aliphatic carbocycles. The lowest BCUT2D eigenvalue weighted by atomic mass is 9.99. The van der Waals surface area contributed by atoms with Crippen LogP contribution in [-0.4, -0.2) is 31.7 Å². The molecule has 1 amide bonds. The molecule has 0 radical (unpaired) electrons. The Morgan fingerprint density at radius 2 is 1.79 bits per heavy atom. The predicted molar refractivity (Wildman–Crippen MR) is 115 cm³/mol. The van der Waals surface area contributed by atoms with Crippen LogP contribution in [0.1, 0.15) is 74.0 Å². The summed E-state index contributed by atoms with van der Waals surface area (Å²) in [6.45, 7) is 12.1. The summed E-state index contributed by atoms with van der Waals surface area (Å²) in [7, 11) is 0. The predicted octanol–water partition coefficient (Wildman–Crippen LogP) is 4.81. The molecule has 5 heteroatoms. The van der Waals surface area contributed by atoms with E-state index in [1.807, 2.05) is 33.8 Å². The van der Waals surface area contributed by atoms with E-state index >= 15 is 0 Å². The van der Waals surface area contributed by atoms with Crippen LogP contribution in [0, 0.1) is 0 Å². The monoisotopic (exact) mass is 390 g/mol. The van der Waals surface area contributed by atoms with Gasteiger partial charge in [-0.15, -0.1) is 0 Å². The summed E-state index contributed by atoms with van der Waals surface area (Å²) in [6, 6.07) is 16.3. The maximum atomic E-state index is 13.7. The van der Waals surface area contributed by atoms with E-state index in [0.29, 0.717) is 18.2 Å². The van der Waals surface area contributed by atoms with Crippen molar-refractivity contribution in [2.45, 2.75) is 58.7 Å². The third-order valence-corrected chi connectivity index (χ3v) is 5.60. The fourth-order valence-electron chi connectivity index (χ4n) is 4.18. The number of hydrogen-bond acceptors (Lipinski definition) is 2. The second-order valence-electron chi connectivity index (χ2n) is 9.13. The van der Waals surface area contributed by atoms with E-state index in [1.165, 1.54) is 0 Å². The molecule has 0 spiro atoms. The van der Waals surface area contributed by atoms with E-state index in [4.69, 9.17) is 5.10 Å². The quantitative estimate of drug-likeness (QED) is 0.644. The second-order valence-corrected chi connectivity index (χ2v) is 9.13. The summed E-state index contributed by atoms with van der Waals surface area (Å²) < 4.78 is 4.25. The summed E-state index contributed by atoms with van der Waals surface area (Å²) in [4.78, 5) is 15.6. The number of rotatable bonds is 3. The van der Waals surface area contributed by atoms with E-state index < -0.39 is 0 Å². The van der Waals surface area contributed by atoms with Crippen molar-refractivity contribution in [3.05, 3.63) is 77.4 Å². The van der Waals surface area contributed by atoms with Crippen molar-refractivity contribution in [3.63, 3.8) is 0 Å². The van der Waals surface area contributed by atoms with E-state index in [9.17, 15) is 4.79 Å². The zero-order chi connectivity index (χ0) is 20.8. The molecule has 0 saturated heterocycles. The average Bonchev–Trinajstić information content (AvgIpc) is 3.34. The van der Waals surface area contributed by atoms with Crippen molar-refractivity contribution in [1.29, 1.82) is 0 Å². The number of carbonyl (C=O) groups is 1. The molecular formula is C24H30N4O. The number of benzene rings is 1. The SMILES string of the molecule is CC(C)c1cc(C(=O)N2CCn3cccc3[C@@H]2c2ccccc2)nn1C(C)(C)C. The summed E-state index contributed by atoms with van der Waals surface area (Å²) in [5, 5.41) is 4.77. The molecule has 1 aliphatic heterocycles. The molecule has 0 unspecified atom stereocenters. The minimum absolute atomic E-state index is 0.00352. The molecule has 3 aromatic rings. The van der Waals surface area contributed by atoms with E-state index in [2.05, 4.69) is 69.6 Å². The van der Waals surface area contributed by atoms with Gasteiger partial charge in [-0.3, -0.25) is 9.48 Å². The third kappa shape index (κ3) is 3.50. The number of fused-ring (bicyclic) bond motifs is 1. The van der Waals surface area contributed by atoms with Gasteiger partial charge in [0.2, 0.25) is 0 Å². The van der Waals surface area contributed by atoms with Crippen molar-refractivity contribution in [1.82, 2.24) is 19.2 Å². The van der Waals surface area contributed by atoms with E-state index in [0.717, 1.165) is 23.5 Å². The van der Waals surface area contributed by atoms with Crippen LogP contribution in [0.15, 0.2) is 54.7 Å². The van der Waals surface area contributed by atoms with Gasteiger partial charge in [0.1, 0.15) is 0 Å². The van der Waals surface area contributed by atoms with Gasteiger partial charge >= 0.3 is 0 Å². The molecule has 0 N–H and O–H groups in total. The third-order valence-electron chi connectivity index (χ3n) is 5.60. The average molecular weight is 391 g/mol. The highest BCUT2D eigenvalue weighted by Crippen LogP contribution is 2.34. The van der Waals surface area contributed by atoms with Crippen LogP contribution in [0.3, 0.4) is 0 Å². The van der Waals surface area contributed by atoms with Gasteiger partial charge in [0.25, 0.3) is 5.91 Å². The minimum Gasteiger partial charge on any atom is -0.348 e. The van der Waals surface area contributed by atoms with Crippen molar-refractivity contribution in [2.75, 3.05) is 6.54 Å². The topological polar surface area (TPSA) is 43.1 Å². The Labute approximate surface area is 173 Å². The second kappa shape index (κ2) is 7.21. The van der Waals surface area contributed by atoms with Crippen LogP contribution in [0.4, 0.5) is 0 Å². The summed E-state index contributed by atoms with van der Waals surface area (Å²) in [5.41, 5.74) is 3.73. The Hall–Kier alpha value is -2.82. The van der Waals surface area contributed by atoms with Gasteiger partial charge in [-0.2, -0.15) is 5.10 Å².